The minimum Gasteiger partial charge on any atom is -0.437 e. The Balaban J connectivity index is 3.41. The maximum atomic E-state index is 9.47. The van der Waals surface area contributed by atoms with Crippen LogP contribution < -0.4 is 0 Å². The highest BCUT2D eigenvalue weighted by Crippen LogP contribution is 2.05. The molecule has 1 N–H and O–H groups in total. The first kappa shape index (κ1) is 14.0. The molecule has 0 spiro atoms. The second-order valence-corrected chi connectivity index (χ2v) is 4.08. The Morgan fingerprint density at radius 2 is 1.57 bits per heavy atom. The van der Waals surface area contributed by atoms with Crippen LogP contribution in [0.2, 0.25) is 6.82 Å². The Hall–Kier alpha value is -0.0151. The van der Waals surface area contributed by atoms with Crippen LogP contribution in [0.3, 0.4) is 0 Å². The van der Waals surface area contributed by atoms with Crippen molar-refractivity contribution in [3.8, 4) is 0 Å². The molecule has 84 valence electrons. The van der Waals surface area contributed by atoms with Gasteiger partial charge in [0.1, 0.15) is 0 Å². The molecule has 3 heteroatoms. The van der Waals surface area contributed by atoms with Gasteiger partial charge >= 0.3 is 7.05 Å². The largest absolute Gasteiger partial charge is 0.437 e. The fraction of sp³-hybridized carbons (Fsp3) is 1.00. The topological polar surface area (TPSA) is 23.5 Å². The molecule has 0 aliphatic heterocycles. The molecular formula is C11H26BNO. The molecule has 0 aromatic rings. The first-order valence-electron chi connectivity index (χ1n) is 6.14. The first-order chi connectivity index (χ1) is 6.72. The minimum atomic E-state index is -0.277. The van der Waals surface area contributed by atoms with Crippen LogP contribution in [0.5, 0.6) is 0 Å². The fourth-order valence-electron chi connectivity index (χ4n) is 1.69. The number of hydrogen-bond donors (Lipinski definition) is 1. The molecule has 0 saturated heterocycles. The summed E-state index contributed by atoms with van der Waals surface area (Å²) in [7, 11) is -0.277. The van der Waals surface area contributed by atoms with Crippen LogP contribution in [0.4, 0.5) is 0 Å². The Labute approximate surface area is 89.8 Å². The van der Waals surface area contributed by atoms with E-state index in [2.05, 4.69) is 18.7 Å². The van der Waals surface area contributed by atoms with Gasteiger partial charge in [-0.2, -0.15) is 0 Å². The Bertz CT molecular complexity index is 120. The Kier molecular flexibility index (Phi) is 9.53. The lowest BCUT2D eigenvalue weighted by Gasteiger charge is -2.22. The predicted molar refractivity (Wildman–Crippen MR) is 64.5 cm³/mol. The van der Waals surface area contributed by atoms with Crippen LogP contribution in [-0.2, 0) is 0 Å². The highest BCUT2D eigenvalue weighted by atomic mass is 16.2. The summed E-state index contributed by atoms with van der Waals surface area (Å²) in [6.45, 7) is 8.33. The van der Waals surface area contributed by atoms with Gasteiger partial charge < -0.3 is 9.83 Å². The van der Waals surface area contributed by atoms with Crippen molar-refractivity contribution >= 4 is 7.05 Å². The molecule has 0 radical (unpaired) electrons. The predicted octanol–water partition coefficient (Wildman–Crippen LogP) is 2.78. The second kappa shape index (κ2) is 9.54. The van der Waals surface area contributed by atoms with E-state index in [1.54, 1.807) is 0 Å². The lowest BCUT2D eigenvalue weighted by molar-refractivity contribution is 0.354. The molecule has 0 aromatic carbocycles. The molecule has 2 nitrogen and oxygen atoms in total. The molecule has 0 amide bonds. The lowest BCUT2D eigenvalue weighted by Crippen LogP contribution is -2.38. The van der Waals surface area contributed by atoms with Gasteiger partial charge in [-0.15, -0.1) is 0 Å². The van der Waals surface area contributed by atoms with E-state index in [1.165, 1.54) is 32.1 Å². The third-order valence-electron chi connectivity index (χ3n) is 2.59. The molecule has 0 aromatic heterocycles. The van der Waals surface area contributed by atoms with Gasteiger partial charge in [0.15, 0.2) is 0 Å². The van der Waals surface area contributed by atoms with Crippen LogP contribution in [0, 0.1) is 0 Å². The van der Waals surface area contributed by atoms with Crippen molar-refractivity contribution in [2.75, 3.05) is 13.1 Å². The zero-order valence-electron chi connectivity index (χ0n) is 10.1. The van der Waals surface area contributed by atoms with Crippen LogP contribution in [0.1, 0.15) is 52.4 Å². The number of nitrogens with zero attached hydrogens (tertiary/aromatic N) is 1. The molecule has 0 unspecified atom stereocenters. The van der Waals surface area contributed by atoms with Crippen molar-refractivity contribution in [1.29, 1.82) is 0 Å². The number of unbranched alkanes of at least 4 members (excludes halogenated alkanes) is 4. The zero-order chi connectivity index (χ0) is 10.8. The molecular weight excluding hydrogens is 173 g/mol. The van der Waals surface area contributed by atoms with Crippen LogP contribution in [0.15, 0.2) is 0 Å². The highest BCUT2D eigenvalue weighted by Gasteiger charge is 2.13. The van der Waals surface area contributed by atoms with E-state index in [-0.39, 0.29) is 7.05 Å². The molecule has 0 rings (SSSR count). The van der Waals surface area contributed by atoms with E-state index in [9.17, 15) is 5.02 Å². The fourth-order valence-corrected chi connectivity index (χ4v) is 1.69. The average Bonchev–Trinajstić information content (AvgIpc) is 2.15. The molecule has 0 heterocycles. The van der Waals surface area contributed by atoms with Gasteiger partial charge in [0.25, 0.3) is 0 Å². The smallest absolute Gasteiger partial charge is 0.376 e. The summed E-state index contributed by atoms with van der Waals surface area (Å²) in [6.07, 6.45) is 7.65. The maximum absolute atomic E-state index is 9.47. The van der Waals surface area contributed by atoms with E-state index in [4.69, 9.17) is 0 Å². The quantitative estimate of drug-likeness (QED) is 0.456. The zero-order valence-corrected chi connectivity index (χ0v) is 10.1. The third kappa shape index (κ3) is 7.39. The summed E-state index contributed by atoms with van der Waals surface area (Å²) >= 11 is 0. The number of rotatable bonds is 9. The molecule has 0 atom stereocenters. The maximum Gasteiger partial charge on any atom is 0.376 e. The summed E-state index contributed by atoms with van der Waals surface area (Å²) in [4.78, 5) is 2.16. The van der Waals surface area contributed by atoms with E-state index in [0.717, 1.165) is 19.5 Å². The summed E-state index contributed by atoms with van der Waals surface area (Å²) in [5, 5.41) is 9.47. The lowest BCUT2D eigenvalue weighted by atomic mass is 9.84. The van der Waals surface area contributed by atoms with E-state index >= 15 is 0 Å². The van der Waals surface area contributed by atoms with E-state index in [1.807, 2.05) is 6.82 Å². The summed E-state index contributed by atoms with van der Waals surface area (Å²) in [5.74, 6) is 0. The Morgan fingerprint density at radius 3 is 2.07 bits per heavy atom. The van der Waals surface area contributed by atoms with Gasteiger partial charge in [-0.3, -0.25) is 0 Å². The van der Waals surface area contributed by atoms with Crippen molar-refractivity contribution in [2.24, 2.45) is 0 Å². The summed E-state index contributed by atoms with van der Waals surface area (Å²) < 4.78 is 0. The van der Waals surface area contributed by atoms with E-state index in [0.29, 0.717) is 0 Å². The molecule has 0 fully saturated rings. The van der Waals surface area contributed by atoms with Crippen molar-refractivity contribution in [3.05, 3.63) is 0 Å². The molecule has 0 aliphatic rings. The minimum absolute atomic E-state index is 0.277. The second-order valence-electron chi connectivity index (χ2n) is 4.08. The van der Waals surface area contributed by atoms with Crippen LogP contribution in [0.25, 0.3) is 0 Å². The van der Waals surface area contributed by atoms with Gasteiger partial charge in [0.05, 0.1) is 0 Å². The van der Waals surface area contributed by atoms with Gasteiger partial charge in [0, 0.05) is 0 Å². The summed E-state index contributed by atoms with van der Waals surface area (Å²) in [5.41, 5.74) is 0. The molecule has 14 heavy (non-hydrogen) atoms. The normalized spacial score (nSPS) is 10.9. The number of hydrogen-bond acceptors (Lipinski definition) is 2. The third-order valence-corrected chi connectivity index (χ3v) is 2.59. The average molecular weight is 199 g/mol. The van der Waals surface area contributed by atoms with Crippen molar-refractivity contribution in [2.45, 2.75) is 59.2 Å². The van der Waals surface area contributed by atoms with Crippen molar-refractivity contribution < 1.29 is 5.02 Å². The molecule has 0 bridgehead atoms. The van der Waals surface area contributed by atoms with Gasteiger partial charge in [-0.1, -0.05) is 39.5 Å². The van der Waals surface area contributed by atoms with Crippen molar-refractivity contribution in [1.82, 2.24) is 4.81 Å². The standard InChI is InChI=1S/C11H26BNO/c1-4-6-7-8-9-11-13(10-5-2)12(3)14/h14H,4-11H2,1-3H3. The summed E-state index contributed by atoms with van der Waals surface area (Å²) in [6, 6.07) is 0. The van der Waals surface area contributed by atoms with Gasteiger partial charge in [-0.25, -0.2) is 0 Å². The molecule has 0 aliphatic carbocycles. The first-order valence-corrected chi connectivity index (χ1v) is 6.14. The van der Waals surface area contributed by atoms with E-state index < -0.39 is 0 Å². The van der Waals surface area contributed by atoms with Gasteiger partial charge in [-0.05, 0) is 32.8 Å². The highest BCUT2D eigenvalue weighted by molar-refractivity contribution is 6.45. The molecule has 0 saturated carbocycles. The van der Waals surface area contributed by atoms with Crippen LogP contribution >= 0.6 is 0 Å². The SMILES string of the molecule is CCCCCCCN(CCC)B(C)O. The van der Waals surface area contributed by atoms with Crippen molar-refractivity contribution in [3.63, 3.8) is 0 Å². The monoisotopic (exact) mass is 199 g/mol. The van der Waals surface area contributed by atoms with Crippen LogP contribution in [-0.4, -0.2) is 30.0 Å². The Morgan fingerprint density at radius 1 is 0.929 bits per heavy atom. The van der Waals surface area contributed by atoms with Gasteiger partial charge in [0.2, 0.25) is 0 Å².